The van der Waals surface area contributed by atoms with Crippen molar-refractivity contribution >= 4 is 11.7 Å². The number of aromatic carboxylic acids is 1. The van der Waals surface area contributed by atoms with E-state index in [1.165, 1.54) is 6.20 Å². The largest absolute Gasteiger partial charge is 0.497 e. The van der Waals surface area contributed by atoms with Gasteiger partial charge in [0.25, 0.3) is 0 Å². The number of rotatable bonds is 5. The second-order valence-electron chi connectivity index (χ2n) is 4.41. The van der Waals surface area contributed by atoms with Gasteiger partial charge in [0.15, 0.2) is 0 Å². The minimum absolute atomic E-state index is 0.0417. The third-order valence-electron chi connectivity index (χ3n) is 2.96. The summed E-state index contributed by atoms with van der Waals surface area (Å²) in [6.07, 6.45) is 1.50. The fourth-order valence-corrected chi connectivity index (χ4v) is 1.91. The van der Waals surface area contributed by atoms with Crippen molar-refractivity contribution < 1.29 is 14.6 Å². The highest BCUT2D eigenvalue weighted by atomic mass is 16.5. The monoisotopic (exact) mass is 272 g/mol. The highest BCUT2D eigenvalue weighted by Gasteiger charge is 2.08. The average molecular weight is 272 g/mol. The Balaban J connectivity index is 2.16. The number of hydrogen-bond acceptors (Lipinski definition) is 4. The molecule has 5 nitrogen and oxygen atoms in total. The first-order valence-corrected chi connectivity index (χ1v) is 6.13. The highest BCUT2D eigenvalue weighted by molar-refractivity contribution is 5.86. The van der Waals surface area contributed by atoms with Gasteiger partial charge in [-0.25, -0.2) is 9.78 Å². The lowest BCUT2D eigenvalue weighted by Gasteiger charge is -2.19. The first-order valence-electron chi connectivity index (χ1n) is 6.13. The molecule has 0 unspecified atom stereocenters. The van der Waals surface area contributed by atoms with Crippen molar-refractivity contribution in [3.8, 4) is 5.75 Å². The fourth-order valence-electron chi connectivity index (χ4n) is 1.91. The molecule has 5 heteroatoms. The molecule has 0 atom stereocenters. The summed E-state index contributed by atoms with van der Waals surface area (Å²) in [6.45, 7) is 0.653. The summed E-state index contributed by atoms with van der Waals surface area (Å²) in [6, 6.07) is 11.1. The van der Waals surface area contributed by atoms with Crippen LogP contribution in [0.3, 0.4) is 0 Å². The molecule has 2 aromatic rings. The van der Waals surface area contributed by atoms with Gasteiger partial charge in [0, 0.05) is 25.5 Å². The normalized spacial score (nSPS) is 10.1. The number of anilines is 1. The van der Waals surface area contributed by atoms with Crippen LogP contribution >= 0.6 is 0 Å². The summed E-state index contributed by atoms with van der Waals surface area (Å²) in [5.74, 6) is -0.224. The molecule has 0 saturated heterocycles. The lowest BCUT2D eigenvalue weighted by Crippen LogP contribution is -2.17. The molecule has 104 valence electrons. The van der Waals surface area contributed by atoms with E-state index in [1.807, 2.05) is 36.2 Å². The van der Waals surface area contributed by atoms with Crippen LogP contribution in [0.1, 0.15) is 16.1 Å². The molecule has 0 aliphatic rings. The molecule has 0 amide bonds. The molecule has 2 rings (SSSR count). The lowest BCUT2D eigenvalue weighted by atomic mass is 10.2. The van der Waals surface area contributed by atoms with Gasteiger partial charge in [-0.15, -0.1) is 0 Å². The van der Waals surface area contributed by atoms with E-state index in [1.54, 1.807) is 19.2 Å². The molecule has 20 heavy (non-hydrogen) atoms. The lowest BCUT2D eigenvalue weighted by molar-refractivity contribution is 0.0690. The zero-order chi connectivity index (χ0) is 14.5. The first-order chi connectivity index (χ1) is 9.60. The number of methoxy groups -OCH3 is 1. The average Bonchev–Trinajstić information content (AvgIpc) is 2.47. The van der Waals surface area contributed by atoms with E-state index in [0.717, 1.165) is 17.0 Å². The predicted octanol–water partition coefficient (Wildman–Crippen LogP) is 2.42. The SMILES string of the molecule is COc1cccc(CN(C)c2ccnc(C(=O)O)c2)c1. The van der Waals surface area contributed by atoms with E-state index in [9.17, 15) is 4.79 Å². The predicted molar refractivity (Wildman–Crippen MR) is 76.3 cm³/mol. The minimum atomic E-state index is -1.03. The molecule has 0 spiro atoms. The number of ether oxygens (including phenoxy) is 1. The zero-order valence-corrected chi connectivity index (χ0v) is 11.4. The van der Waals surface area contributed by atoms with Gasteiger partial charge in [0.2, 0.25) is 0 Å². The van der Waals surface area contributed by atoms with Crippen molar-refractivity contribution in [2.45, 2.75) is 6.54 Å². The molecule has 0 aliphatic heterocycles. The van der Waals surface area contributed by atoms with Crippen LogP contribution in [0.5, 0.6) is 5.75 Å². The summed E-state index contributed by atoms with van der Waals surface area (Å²) in [4.78, 5) is 16.7. The van der Waals surface area contributed by atoms with Crippen LogP contribution in [0.2, 0.25) is 0 Å². The van der Waals surface area contributed by atoms with E-state index in [0.29, 0.717) is 6.54 Å². The van der Waals surface area contributed by atoms with E-state index in [4.69, 9.17) is 9.84 Å². The molecule has 1 aromatic carbocycles. The number of carboxylic acid groups (broad SMARTS) is 1. The van der Waals surface area contributed by atoms with Crippen LogP contribution in [-0.2, 0) is 6.54 Å². The molecule has 1 N–H and O–H groups in total. The molecule has 0 radical (unpaired) electrons. The number of pyridine rings is 1. The van der Waals surface area contributed by atoms with Gasteiger partial charge in [-0.2, -0.15) is 0 Å². The smallest absolute Gasteiger partial charge is 0.354 e. The molecule has 0 saturated carbocycles. The Morgan fingerprint density at radius 3 is 2.85 bits per heavy atom. The Labute approximate surface area is 117 Å². The molecular formula is C15H16N2O3. The number of nitrogens with zero attached hydrogens (tertiary/aromatic N) is 2. The molecule has 1 aromatic heterocycles. The Morgan fingerprint density at radius 1 is 1.35 bits per heavy atom. The van der Waals surface area contributed by atoms with Gasteiger partial charge in [-0.05, 0) is 29.8 Å². The first kappa shape index (κ1) is 13.9. The molecule has 1 heterocycles. The number of hydrogen-bond donors (Lipinski definition) is 1. The topological polar surface area (TPSA) is 62.7 Å². The van der Waals surface area contributed by atoms with Gasteiger partial charge in [-0.1, -0.05) is 12.1 Å². The van der Waals surface area contributed by atoms with E-state index >= 15 is 0 Å². The van der Waals surface area contributed by atoms with Crippen molar-refractivity contribution in [2.75, 3.05) is 19.1 Å². The Kier molecular flexibility index (Phi) is 4.20. The molecule has 0 fully saturated rings. The van der Waals surface area contributed by atoms with Crippen molar-refractivity contribution in [2.24, 2.45) is 0 Å². The van der Waals surface area contributed by atoms with Crippen molar-refractivity contribution in [3.05, 3.63) is 53.9 Å². The van der Waals surface area contributed by atoms with Crippen LogP contribution in [0.4, 0.5) is 5.69 Å². The van der Waals surface area contributed by atoms with E-state index in [-0.39, 0.29) is 5.69 Å². The summed E-state index contributed by atoms with van der Waals surface area (Å²) in [5.41, 5.74) is 1.93. The maximum atomic E-state index is 10.9. The number of carbonyl (C=O) groups is 1. The maximum Gasteiger partial charge on any atom is 0.354 e. The second-order valence-corrected chi connectivity index (χ2v) is 4.41. The number of aromatic nitrogens is 1. The standard InChI is InChI=1S/C15H16N2O3/c1-17(10-11-4-3-5-13(8-11)20-2)12-6-7-16-14(9-12)15(18)19/h3-9H,10H2,1-2H3,(H,18,19). The van der Waals surface area contributed by atoms with Gasteiger partial charge < -0.3 is 14.7 Å². The van der Waals surface area contributed by atoms with Gasteiger partial charge in [0.1, 0.15) is 11.4 Å². The Morgan fingerprint density at radius 2 is 2.15 bits per heavy atom. The van der Waals surface area contributed by atoms with Crippen LogP contribution in [0.25, 0.3) is 0 Å². The second kappa shape index (κ2) is 6.06. The van der Waals surface area contributed by atoms with Gasteiger partial charge >= 0.3 is 5.97 Å². The third kappa shape index (κ3) is 3.26. The number of carboxylic acids is 1. The summed E-state index contributed by atoms with van der Waals surface area (Å²) in [5, 5.41) is 8.95. The fraction of sp³-hybridized carbons (Fsp3) is 0.200. The number of benzene rings is 1. The van der Waals surface area contributed by atoms with Crippen LogP contribution < -0.4 is 9.64 Å². The molecular weight excluding hydrogens is 256 g/mol. The molecule has 0 bridgehead atoms. The molecule has 0 aliphatic carbocycles. The van der Waals surface area contributed by atoms with Crippen molar-refractivity contribution in [3.63, 3.8) is 0 Å². The maximum absolute atomic E-state index is 10.9. The quantitative estimate of drug-likeness (QED) is 0.905. The third-order valence-corrected chi connectivity index (χ3v) is 2.96. The minimum Gasteiger partial charge on any atom is -0.497 e. The van der Waals surface area contributed by atoms with Crippen LogP contribution in [-0.4, -0.2) is 30.2 Å². The highest BCUT2D eigenvalue weighted by Crippen LogP contribution is 2.18. The van der Waals surface area contributed by atoms with E-state index in [2.05, 4.69) is 4.98 Å². The Hall–Kier alpha value is -2.56. The van der Waals surface area contributed by atoms with Crippen LogP contribution in [0, 0.1) is 0 Å². The van der Waals surface area contributed by atoms with Crippen molar-refractivity contribution in [1.82, 2.24) is 4.98 Å². The van der Waals surface area contributed by atoms with Gasteiger partial charge in [-0.3, -0.25) is 0 Å². The van der Waals surface area contributed by atoms with Gasteiger partial charge in [0.05, 0.1) is 7.11 Å². The zero-order valence-electron chi connectivity index (χ0n) is 11.4. The van der Waals surface area contributed by atoms with E-state index < -0.39 is 5.97 Å². The van der Waals surface area contributed by atoms with Crippen molar-refractivity contribution in [1.29, 1.82) is 0 Å². The van der Waals surface area contributed by atoms with Crippen LogP contribution in [0.15, 0.2) is 42.6 Å². The summed E-state index contributed by atoms with van der Waals surface area (Å²) >= 11 is 0. The summed E-state index contributed by atoms with van der Waals surface area (Å²) in [7, 11) is 3.53. The Bertz CT molecular complexity index is 614. The summed E-state index contributed by atoms with van der Waals surface area (Å²) < 4.78 is 5.19.